The van der Waals surface area contributed by atoms with E-state index in [1.165, 1.54) is 0 Å². The van der Waals surface area contributed by atoms with Crippen LogP contribution >= 0.6 is 7.82 Å². The maximum atomic E-state index is 10.8. The number of phosphoric ester groups is 1. The quantitative estimate of drug-likeness (QED) is 0.225. The number of hydrogen-bond acceptors (Lipinski definition) is 5. The zero-order chi connectivity index (χ0) is 10.3. The van der Waals surface area contributed by atoms with Crippen molar-refractivity contribution in [2.75, 3.05) is 13.2 Å². The molecule has 0 amide bonds. The van der Waals surface area contributed by atoms with Crippen LogP contribution in [0.5, 0.6) is 0 Å². The standard InChI is InChI=1S/C6H11O6P.Na.H/c1-2-6(8)12-13(9,10)11-5-3-4-7;;/h2,7H,1,3-5H2,(H,9,10);;/q;+1;-1. The fourth-order valence-electron chi connectivity index (χ4n) is 0.422. The predicted molar refractivity (Wildman–Crippen MR) is 44.9 cm³/mol. The molecule has 0 heterocycles. The molecule has 0 spiro atoms. The van der Waals surface area contributed by atoms with E-state index in [1.807, 2.05) is 0 Å². The third-order valence-electron chi connectivity index (χ3n) is 0.929. The molecular weight excluding hydrogens is 222 g/mol. The van der Waals surface area contributed by atoms with E-state index in [2.05, 4.69) is 15.6 Å². The fraction of sp³-hybridized carbons (Fsp3) is 0.500. The molecule has 0 aromatic heterocycles. The summed E-state index contributed by atoms with van der Waals surface area (Å²) in [6.45, 7) is 2.71. The molecule has 0 bridgehead atoms. The molecule has 0 aromatic rings. The minimum absolute atomic E-state index is 0. The summed E-state index contributed by atoms with van der Waals surface area (Å²) in [7, 11) is -4.33. The molecule has 0 aromatic carbocycles. The van der Waals surface area contributed by atoms with E-state index in [0.29, 0.717) is 0 Å². The number of phosphoric acid groups is 1. The molecule has 8 heteroatoms. The Morgan fingerprint density at radius 3 is 2.64 bits per heavy atom. The maximum Gasteiger partial charge on any atom is 1.00 e. The van der Waals surface area contributed by atoms with Gasteiger partial charge < -0.3 is 11.1 Å². The topological polar surface area (TPSA) is 93.1 Å². The zero-order valence-corrected chi connectivity index (χ0v) is 10.8. The normalized spacial score (nSPS) is 13.6. The van der Waals surface area contributed by atoms with Gasteiger partial charge in [0.1, 0.15) is 0 Å². The van der Waals surface area contributed by atoms with Crippen molar-refractivity contribution in [1.29, 1.82) is 0 Å². The Morgan fingerprint density at radius 1 is 1.64 bits per heavy atom. The van der Waals surface area contributed by atoms with Crippen molar-refractivity contribution in [2.45, 2.75) is 6.42 Å². The molecule has 0 aliphatic heterocycles. The van der Waals surface area contributed by atoms with Crippen molar-refractivity contribution in [3.05, 3.63) is 12.7 Å². The molecule has 0 radical (unpaired) electrons. The largest absolute Gasteiger partial charge is 1.00 e. The summed E-state index contributed by atoms with van der Waals surface area (Å²) in [6, 6.07) is 0. The molecule has 1 unspecified atom stereocenters. The van der Waals surface area contributed by atoms with Gasteiger partial charge in [-0.25, -0.2) is 9.36 Å². The van der Waals surface area contributed by atoms with Crippen molar-refractivity contribution in [3.63, 3.8) is 0 Å². The first-order chi connectivity index (χ1) is 6.02. The number of carbonyl (C=O) groups is 1. The first kappa shape index (κ1) is 16.7. The second-order valence-electron chi connectivity index (χ2n) is 1.99. The average molecular weight is 234 g/mol. The van der Waals surface area contributed by atoms with Gasteiger partial charge >= 0.3 is 43.3 Å². The Labute approximate surface area is 105 Å². The van der Waals surface area contributed by atoms with Crippen LogP contribution in [0.1, 0.15) is 7.85 Å². The Kier molecular flexibility index (Phi) is 10.3. The summed E-state index contributed by atoms with van der Waals surface area (Å²) in [5, 5.41) is 8.32. The van der Waals surface area contributed by atoms with Crippen molar-refractivity contribution in [3.8, 4) is 0 Å². The van der Waals surface area contributed by atoms with Gasteiger partial charge in [-0.1, -0.05) is 6.58 Å². The number of carbonyl (C=O) groups excluding carboxylic acids is 1. The van der Waals surface area contributed by atoms with Crippen LogP contribution in [0.25, 0.3) is 0 Å². The molecule has 14 heavy (non-hydrogen) atoms. The summed E-state index contributed by atoms with van der Waals surface area (Å²) < 4.78 is 19.1. The van der Waals surface area contributed by atoms with E-state index < -0.39 is 13.8 Å². The van der Waals surface area contributed by atoms with Crippen molar-refractivity contribution in [2.24, 2.45) is 0 Å². The molecule has 2 N–H and O–H groups in total. The molecule has 78 valence electrons. The van der Waals surface area contributed by atoms with E-state index in [-0.39, 0.29) is 50.6 Å². The molecular formula is C6H12NaO6P. The van der Waals surface area contributed by atoms with Gasteiger partial charge in [-0.15, -0.1) is 0 Å². The van der Waals surface area contributed by atoms with E-state index >= 15 is 0 Å². The Hall–Kier alpha value is 0.320. The summed E-state index contributed by atoms with van der Waals surface area (Å²) in [5.41, 5.74) is 0. The summed E-state index contributed by atoms with van der Waals surface area (Å²) in [5.74, 6) is -1.03. The Bertz CT molecular complexity index is 236. The van der Waals surface area contributed by atoms with Gasteiger partial charge in [-0.2, -0.15) is 0 Å². The van der Waals surface area contributed by atoms with Crippen molar-refractivity contribution < 1.29 is 59.4 Å². The van der Waals surface area contributed by atoms with Crippen LogP contribution in [-0.4, -0.2) is 29.2 Å². The van der Waals surface area contributed by atoms with Crippen LogP contribution in [0.2, 0.25) is 0 Å². The van der Waals surface area contributed by atoms with Crippen LogP contribution in [0.15, 0.2) is 12.7 Å². The van der Waals surface area contributed by atoms with Gasteiger partial charge in [0.15, 0.2) is 0 Å². The van der Waals surface area contributed by atoms with Gasteiger partial charge in [0.2, 0.25) is 0 Å². The molecule has 0 aliphatic rings. The van der Waals surface area contributed by atoms with Gasteiger partial charge in [-0.3, -0.25) is 9.42 Å². The van der Waals surface area contributed by atoms with Gasteiger partial charge in [-0.05, 0) is 6.42 Å². The fourth-order valence-corrected chi connectivity index (χ4v) is 1.14. The summed E-state index contributed by atoms with van der Waals surface area (Å²) in [6.07, 6.45) is 0.939. The van der Waals surface area contributed by atoms with Crippen molar-refractivity contribution >= 4 is 13.8 Å². The third kappa shape index (κ3) is 8.90. The molecule has 0 fully saturated rings. The van der Waals surface area contributed by atoms with Gasteiger partial charge in [0.25, 0.3) is 0 Å². The summed E-state index contributed by atoms with van der Waals surface area (Å²) in [4.78, 5) is 19.3. The van der Waals surface area contributed by atoms with Crippen molar-refractivity contribution in [1.82, 2.24) is 0 Å². The van der Waals surface area contributed by atoms with Gasteiger partial charge in [0.05, 0.1) is 6.61 Å². The maximum absolute atomic E-state index is 10.8. The first-order valence-corrected chi connectivity index (χ1v) is 4.95. The number of hydrogen-bond donors (Lipinski definition) is 2. The van der Waals surface area contributed by atoms with E-state index in [0.717, 1.165) is 6.08 Å². The number of aliphatic hydroxyl groups excluding tert-OH is 1. The zero-order valence-electron chi connectivity index (χ0n) is 8.88. The molecule has 0 saturated heterocycles. The second kappa shape index (κ2) is 8.61. The molecule has 0 aliphatic carbocycles. The van der Waals surface area contributed by atoms with E-state index in [4.69, 9.17) is 10.00 Å². The third-order valence-corrected chi connectivity index (χ3v) is 1.85. The minimum Gasteiger partial charge on any atom is -1.00 e. The molecule has 0 saturated carbocycles. The summed E-state index contributed by atoms with van der Waals surface area (Å²) >= 11 is 0. The second-order valence-corrected chi connectivity index (χ2v) is 3.37. The van der Waals surface area contributed by atoms with Crippen LogP contribution in [0.3, 0.4) is 0 Å². The smallest absolute Gasteiger partial charge is 1.00 e. The van der Waals surface area contributed by atoms with Crippen LogP contribution < -0.4 is 29.6 Å². The Morgan fingerprint density at radius 2 is 2.21 bits per heavy atom. The first-order valence-electron chi connectivity index (χ1n) is 3.46. The number of rotatable bonds is 6. The minimum atomic E-state index is -4.33. The average Bonchev–Trinajstić information content (AvgIpc) is 2.03. The number of aliphatic hydroxyl groups is 1. The SMILES string of the molecule is C=CC(=O)OP(=O)(O)OCCCO.[H-].[Na+]. The van der Waals surface area contributed by atoms with Gasteiger partial charge in [0, 0.05) is 12.7 Å². The van der Waals surface area contributed by atoms with Crippen LogP contribution in [-0.2, 0) is 18.4 Å². The Balaban J connectivity index is -0.000000720. The molecule has 0 rings (SSSR count). The predicted octanol–water partition coefficient (Wildman–Crippen LogP) is -2.67. The monoisotopic (exact) mass is 234 g/mol. The van der Waals surface area contributed by atoms with Crippen LogP contribution in [0, 0.1) is 0 Å². The van der Waals surface area contributed by atoms with E-state index in [9.17, 15) is 9.36 Å². The molecule has 1 atom stereocenters. The van der Waals surface area contributed by atoms with E-state index in [1.54, 1.807) is 0 Å². The van der Waals surface area contributed by atoms with Crippen LogP contribution in [0.4, 0.5) is 0 Å². The molecule has 6 nitrogen and oxygen atoms in total.